The lowest BCUT2D eigenvalue weighted by atomic mass is 10.1. The summed E-state index contributed by atoms with van der Waals surface area (Å²) < 4.78 is 10.6. The van der Waals surface area contributed by atoms with E-state index < -0.39 is 0 Å². The van der Waals surface area contributed by atoms with Crippen LogP contribution < -0.4 is 5.32 Å². The Kier molecular flexibility index (Phi) is 16.8. The van der Waals surface area contributed by atoms with Crippen LogP contribution in [0.4, 0.5) is 5.13 Å². The van der Waals surface area contributed by atoms with Crippen molar-refractivity contribution in [3.8, 4) is 0 Å². The minimum absolute atomic E-state index is 0.133. The molecule has 2 rings (SSSR count). The first-order valence-corrected chi connectivity index (χ1v) is 12.3. The third-order valence-electron chi connectivity index (χ3n) is 3.58. The molecule has 0 radical (unpaired) electrons. The van der Waals surface area contributed by atoms with Crippen LogP contribution in [0, 0.1) is 6.92 Å². The van der Waals surface area contributed by atoms with Gasteiger partial charge in [-0.2, -0.15) is 0 Å². The Hall–Kier alpha value is -1.83. The van der Waals surface area contributed by atoms with Crippen LogP contribution in [0.5, 0.6) is 0 Å². The molecule has 1 N–H and O–H groups in total. The van der Waals surface area contributed by atoms with Crippen molar-refractivity contribution in [3.05, 3.63) is 57.5 Å². The molecular formula is C24H38N2O3S2. The molecule has 0 saturated carbocycles. The van der Waals surface area contributed by atoms with Crippen LogP contribution in [0.3, 0.4) is 0 Å². The molecule has 0 atom stereocenters. The Bertz CT molecular complexity index is 750. The van der Waals surface area contributed by atoms with Crippen molar-refractivity contribution in [2.24, 2.45) is 0 Å². The largest absolute Gasteiger partial charge is 0.499 e. The van der Waals surface area contributed by atoms with Gasteiger partial charge in [0, 0.05) is 23.1 Å². The second-order valence-corrected chi connectivity index (χ2v) is 8.80. The van der Waals surface area contributed by atoms with Gasteiger partial charge in [-0.05, 0) is 51.9 Å². The summed E-state index contributed by atoms with van der Waals surface area (Å²) in [6, 6.07) is 0. The van der Waals surface area contributed by atoms with Crippen molar-refractivity contribution in [3.63, 3.8) is 0 Å². The smallest absolute Gasteiger partial charge is 0.252 e. The highest BCUT2D eigenvalue weighted by molar-refractivity contribution is 8.04. The summed E-state index contributed by atoms with van der Waals surface area (Å²) in [6.07, 6.45) is 7.96. The van der Waals surface area contributed by atoms with Crippen LogP contribution in [-0.4, -0.2) is 30.2 Å². The zero-order valence-electron chi connectivity index (χ0n) is 20.0. The normalized spacial score (nSPS) is 12.8. The number of thioether (sulfide) groups is 1. The summed E-state index contributed by atoms with van der Waals surface area (Å²) in [5.74, 6) is 0.668. The van der Waals surface area contributed by atoms with Crippen LogP contribution >= 0.6 is 23.1 Å². The molecule has 1 aliphatic heterocycles. The van der Waals surface area contributed by atoms with Crippen LogP contribution in [0.1, 0.15) is 59.3 Å². The highest BCUT2D eigenvalue weighted by Crippen LogP contribution is 2.21. The standard InChI is InChI=1S/C12H18N2O2S.C10H14OS.C2H6/c1-8(2)16-6-5-9(3)11(15)14-12-13-7-10(4)17-12;1-9(2)11-6-5-10-4-3-7-12-8-10;1-2/h5,7-8H,6H2,1-4H3,(H,13,14,15);3,7-8H,1,4-6H2,2H3;1-2H3/b9-5+;;. The molecule has 0 unspecified atom stereocenters. The number of nitrogens with one attached hydrogen (secondary N) is 1. The predicted octanol–water partition coefficient (Wildman–Crippen LogP) is 7.25. The Morgan fingerprint density at radius 2 is 2.06 bits per heavy atom. The van der Waals surface area contributed by atoms with E-state index in [1.165, 1.54) is 16.9 Å². The number of aromatic nitrogens is 1. The monoisotopic (exact) mass is 466 g/mol. The highest BCUT2D eigenvalue weighted by Gasteiger charge is 2.07. The first kappa shape index (κ1) is 29.2. The second kappa shape index (κ2) is 17.8. The molecule has 2 heterocycles. The van der Waals surface area contributed by atoms with Crippen molar-refractivity contribution in [1.82, 2.24) is 4.98 Å². The van der Waals surface area contributed by atoms with Gasteiger partial charge in [0.25, 0.3) is 5.91 Å². The van der Waals surface area contributed by atoms with Crippen LogP contribution in [-0.2, 0) is 14.3 Å². The number of allylic oxidation sites excluding steroid dienone is 2. The van der Waals surface area contributed by atoms with Crippen molar-refractivity contribution in [1.29, 1.82) is 0 Å². The fourth-order valence-corrected chi connectivity index (χ4v) is 3.37. The maximum absolute atomic E-state index is 11.7. The minimum Gasteiger partial charge on any atom is -0.499 e. The summed E-state index contributed by atoms with van der Waals surface area (Å²) in [7, 11) is 0. The number of hydrogen-bond acceptors (Lipinski definition) is 6. The molecule has 0 aliphatic carbocycles. The average Bonchev–Trinajstić information content (AvgIpc) is 3.14. The number of anilines is 1. The van der Waals surface area contributed by atoms with Crippen molar-refractivity contribution >= 4 is 34.1 Å². The zero-order chi connectivity index (χ0) is 23.6. The van der Waals surface area contributed by atoms with Gasteiger partial charge in [0.05, 0.1) is 25.1 Å². The number of hydrogen-bond donors (Lipinski definition) is 1. The van der Waals surface area contributed by atoms with Gasteiger partial charge in [-0.1, -0.05) is 38.2 Å². The third kappa shape index (κ3) is 15.6. The van der Waals surface area contributed by atoms with Gasteiger partial charge in [0.1, 0.15) is 0 Å². The second-order valence-electron chi connectivity index (χ2n) is 6.79. The van der Waals surface area contributed by atoms with E-state index in [9.17, 15) is 4.79 Å². The number of carbonyl (C=O) groups excluding carboxylic acids is 1. The van der Waals surface area contributed by atoms with Crippen molar-refractivity contribution in [2.75, 3.05) is 18.5 Å². The molecule has 0 bridgehead atoms. The van der Waals surface area contributed by atoms with E-state index in [-0.39, 0.29) is 12.0 Å². The molecular weight excluding hydrogens is 428 g/mol. The molecule has 174 valence electrons. The van der Waals surface area contributed by atoms with Crippen LogP contribution in [0.15, 0.2) is 52.6 Å². The summed E-state index contributed by atoms with van der Waals surface area (Å²) in [5.41, 5.74) is 2.09. The molecule has 1 aromatic rings. The van der Waals surface area contributed by atoms with Crippen LogP contribution in [0.25, 0.3) is 0 Å². The SMILES string of the molecule is C/C(=C\COC(C)C)C(=O)Nc1ncc(C)s1.C=C(C)OCCC1=CSC=CC1.CC. The molecule has 1 aromatic heterocycles. The molecule has 31 heavy (non-hydrogen) atoms. The van der Waals surface area contributed by atoms with Gasteiger partial charge in [-0.15, -0.1) is 23.1 Å². The number of thiazole rings is 1. The Morgan fingerprint density at radius 1 is 1.35 bits per heavy atom. The minimum atomic E-state index is -0.133. The van der Waals surface area contributed by atoms with E-state index in [0.717, 1.165) is 30.1 Å². The first-order valence-electron chi connectivity index (χ1n) is 10.6. The fraction of sp³-hybridized carbons (Fsp3) is 0.500. The van der Waals surface area contributed by atoms with E-state index in [2.05, 4.69) is 33.8 Å². The lowest BCUT2D eigenvalue weighted by Crippen LogP contribution is -2.13. The number of amides is 1. The fourth-order valence-electron chi connectivity index (χ4n) is 2.02. The summed E-state index contributed by atoms with van der Waals surface area (Å²) in [6.45, 7) is 18.4. The molecule has 0 aromatic carbocycles. The van der Waals surface area contributed by atoms with Crippen LogP contribution in [0.2, 0.25) is 0 Å². The number of ether oxygens (including phenoxy) is 2. The van der Waals surface area contributed by atoms with Gasteiger partial charge in [-0.3, -0.25) is 10.1 Å². The maximum Gasteiger partial charge on any atom is 0.252 e. The molecule has 0 spiro atoms. The Morgan fingerprint density at radius 3 is 2.58 bits per heavy atom. The number of nitrogens with zero attached hydrogens (tertiary/aromatic N) is 1. The Balaban J connectivity index is 0.000000564. The predicted molar refractivity (Wildman–Crippen MR) is 136 cm³/mol. The zero-order valence-corrected chi connectivity index (χ0v) is 21.6. The van der Waals surface area contributed by atoms with Crippen molar-refractivity contribution < 1.29 is 14.3 Å². The summed E-state index contributed by atoms with van der Waals surface area (Å²) in [4.78, 5) is 16.9. The number of carbonyl (C=O) groups is 1. The van der Waals surface area contributed by atoms with E-state index in [1.54, 1.807) is 31.0 Å². The first-order chi connectivity index (χ1) is 14.8. The van der Waals surface area contributed by atoms with E-state index in [1.807, 2.05) is 41.5 Å². The van der Waals surface area contributed by atoms with Gasteiger partial charge < -0.3 is 9.47 Å². The van der Waals surface area contributed by atoms with E-state index in [0.29, 0.717) is 17.3 Å². The van der Waals surface area contributed by atoms with Gasteiger partial charge >= 0.3 is 0 Å². The highest BCUT2D eigenvalue weighted by atomic mass is 32.2. The lowest BCUT2D eigenvalue weighted by Gasteiger charge is -2.08. The van der Waals surface area contributed by atoms with E-state index in [4.69, 9.17) is 9.47 Å². The average molecular weight is 467 g/mol. The summed E-state index contributed by atoms with van der Waals surface area (Å²) >= 11 is 3.20. The number of rotatable bonds is 9. The van der Waals surface area contributed by atoms with E-state index >= 15 is 0 Å². The quantitative estimate of drug-likeness (QED) is 0.307. The van der Waals surface area contributed by atoms with Gasteiger partial charge in [0.2, 0.25) is 0 Å². The topological polar surface area (TPSA) is 60.5 Å². The molecule has 1 amide bonds. The third-order valence-corrected chi connectivity index (χ3v) is 5.23. The molecule has 1 aliphatic rings. The summed E-state index contributed by atoms with van der Waals surface area (Å²) in [5, 5.41) is 7.69. The van der Waals surface area contributed by atoms with Crippen molar-refractivity contribution in [2.45, 2.75) is 67.4 Å². The maximum atomic E-state index is 11.7. The Labute approximate surface area is 196 Å². The molecule has 7 heteroatoms. The van der Waals surface area contributed by atoms with Gasteiger partial charge in [-0.25, -0.2) is 4.98 Å². The lowest BCUT2D eigenvalue weighted by molar-refractivity contribution is -0.112. The number of aryl methyl sites for hydroxylation is 1. The molecule has 5 nitrogen and oxygen atoms in total. The molecule has 0 saturated heterocycles. The molecule has 0 fully saturated rings. The van der Waals surface area contributed by atoms with Gasteiger partial charge in [0.15, 0.2) is 5.13 Å².